The zero-order chi connectivity index (χ0) is 49.2. The first-order valence-corrected chi connectivity index (χ1v) is 27.5. The average Bonchev–Trinajstić information content (AvgIpc) is 3.29. The normalized spacial score (nSPS) is 13.3. The van der Waals surface area contributed by atoms with Gasteiger partial charge in [-0.3, -0.25) is 9.59 Å². The van der Waals surface area contributed by atoms with Crippen LogP contribution in [0, 0.1) is 0 Å². The van der Waals surface area contributed by atoms with Crippen molar-refractivity contribution >= 4 is 17.9 Å². The maximum Gasteiger partial charge on any atom is 0.361 e. The van der Waals surface area contributed by atoms with Crippen molar-refractivity contribution in [3.8, 4) is 0 Å². The molecule has 0 aromatic heterocycles. The van der Waals surface area contributed by atoms with E-state index in [1.807, 2.05) is 21.1 Å². The predicted octanol–water partition coefficient (Wildman–Crippen LogP) is 15.7. The Hall–Kier alpha value is -3.01. The van der Waals surface area contributed by atoms with Gasteiger partial charge in [0.05, 0.1) is 34.4 Å². The number of ether oxygens (including phenoxy) is 4. The van der Waals surface area contributed by atoms with Crippen LogP contribution in [0.25, 0.3) is 0 Å². The van der Waals surface area contributed by atoms with E-state index in [1.54, 1.807) is 0 Å². The summed E-state index contributed by atoms with van der Waals surface area (Å²) < 4.78 is 22.7. The van der Waals surface area contributed by atoms with Gasteiger partial charge in [-0.2, -0.15) is 0 Å². The van der Waals surface area contributed by atoms with Gasteiger partial charge in [0.1, 0.15) is 13.2 Å². The highest BCUT2D eigenvalue weighted by molar-refractivity contribution is 5.71. The van der Waals surface area contributed by atoms with Crippen LogP contribution in [-0.2, 0) is 33.3 Å². The molecule has 0 spiro atoms. The number of hydrogen-bond donors (Lipinski definition) is 1. The molecule has 0 aromatic rings. The van der Waals surface area contributed by atoms with Crippen molar-refractivity contribution in [1.29, 1.82) is 0 Å². The van der Waals surface area contributed by atoms with E-state index in [9.17, 15) is 19.5 Å². The number of quaternary nitrogens is 1. The molecule has 0 bridgehead atoms. The molecule has 0 saturated carbocycles. The van der Waals surface area contributed by atoms with Crippen LogP contribution in [0.1, 0.15) is 232 Å². The van der Waals surface area contributed by atoms with Crippen LogP contribution in [0.4, 0.5) is 0 Å². The summed E-state index contributed by atoms with van der Waals surface area (Å²) in [5, 5.41) is 9.63. The van der Waals surface area contributed by atoms with Crippen LogP contribution in [0.3, 0.4) is 0 Å². The van der Waals surface area contributed by atoms with Crippen molar-refractivity contribution < 1.29 is 42.9 Å². The molecule has 0 aliphatic carbocycles. The smallest absolute Gasteiger partial charge is 0.361 e. The molecule has 2 unspecified atom stereocenters. The van der Waals surface area contributed by atoms with Gasteiger partial charge < -0.3 is 28.5 Å². The highest BCUT2D eigenvalue weighted by atomic mass is 16.7. The Morgan fingerprint density at radius 2 is 0.851 bits per heavy atom. The van der Waals surface area contributed by atoms with E-state index in [1.165, 1.54) is 135 Å². The minimum Gasteiger partial charge on any atom is -0.477 e. The highest BCUT2D eigenvalue weighted by Crippen LogP contribution is 2.16. The summed E-state index contributed by atoms with van der Waals surface area (Å²) in [4.78, 5) is 37.0. The molecule has 9 nitrogen and oxygen atoms in total. The Labute approximate surface area is 412 Å². The van der Waals surface area contributed by atoms with Gasteiger partial charge in [-0.05, 0) is 57.8 Å². The molecule has 0 saturated heterocycles. The van der Waals surface area contributed by atoms with E-state index in [0.717, 1.165) is 70.6 Å². The second kappa shape index (κ2) is 49.4. The molecule has 0 aliphatic rings. The lowest BCUT2D eigenvalue weighted by atomic mass is 10.0. The molecule has 67 heavy (non-hydrogen) atoms. The molecular formula is C58H104NO8+. The van der Waals surface area contributed by atoms with Gasteiger partial charge in [-0.1, -0.05) is 222 Å². The molecule has 0 aromatic carbocycles. The molecule has 388 valence electrons. The Kier molecular flexibility index (Phi) is 47.2. The Morgan fingerprint density at radius 3 is 1.27 bits per heavy atom. The minimum absolute atomic E-state index is 0.180. The number of allylic oxidation sites excluding steroid dienone is 10. The van der Waals surface area contributed by atoms with E-state index in [4.69, 9.17) is 18.9 Å². The zero-order valence-corrected chi connectivity index (χ0v) is 44.1. The number of rotatable bonds is 50. The third kappa shape index (κ3) is 50.7. The quantitative estimate of drug-likeness (QED) is 0.0211. The van der Waals surface area contributed by atoms with Crippen LogP contribution in [0.5, 0.6) is 0 Å². The third-order valence-electron chi connectivity index (χ3n) is 11.8. The Morgan fingerprint density at radius 1 is 0.463 bits per heavy atom. The van der Waals surface area contributed by atoms with Crippen LogP contribution in [-0.4, -0.2) is 87.4 Å². The molecule has 0 heterocycles. The van der Waals surface area contributed by atoms with Crippen molar-refractivity contribution in [2.24, 2.45) is 0 Å². The molecule has 9 heteroatoms. The van der Waals surface area contributed by atoms with Crippen molar-refractivity contribution in [3.63, 3.8) is 0 Å². The van der Waals surface area contributed by atoms with Gasteiger partial charge in [0.15, 0.2) is 6.10 Å². The van der Waals surface area contributed by atoms with E-state index in [0.29, 0.717) is 17.4 Å². The lowest BCUT2D eigenvalue weighted by Crippen LogP contribution is -2.40. The summed E-state index contributed by atoms with van der Waals surface area (Å²) >= 11 is 0. The number of unbranched alkanes of at least 4 members (excludes halogenated alkanes) is 25. The number of nitrogens with zero attached hydrogens (tertiary/aromatic N) is 1. The molecule has 0 amide bonds. The fourth-order valence-electron chi connectivity index (χ4n) is 7.57. The SMILES string of the molecule is CC/C=C\C/C=C\C/C=C\C/C=C\C/C=C\CCCCCCCCCCCCCCCCCCCCCC(=O)OC(COC(=O)CCCCCCCCC)COC(OCC[N+](C)(C)C)C(=O)O. The average molecular weight is 943 g/mol. The van der Waals surface area contributed by atoms with E-state index >= 15 is 0 Å². The van der Waals surface area contributed by atoms with Crippen molar-refractivity contribution in [2.75, 3.05) is 47.5 Å². The van der Waals surface area contributed by atoms with Gasteiger partial charge in [0, 0.05) is 12.8 Å². The van der Waals surface area contributed by atoms with Crippen LogP contribution in [0.2, 0.25) is 0 Å². The molecule has 0 rings (SSSR count). The van der Waals surface area contributed by atoms with Crippen LogP contribution < -0.4 is 0 Å². The molecule has 1 N–H and O–H groups in total. The second-order valence-electron chi connectivity index (χ2n) is 19.5. The van der Waals surface area contributed by atoms with Gasteiger partial charge >= 0.3 is 17.9 Å². The zero-order valence-electron chi connectivity index (χ0n) is 44.1. The first kappa shape index (κ1) is 64.0. The maximum absolute atomic E-state index is 12.8. The fourth-order valence-corrected chi connectivity index (χ4v) is 7.57. The Bertz CT molecular complexity index is 1280. The van der Waals surface area contributed by atoms with Gasteiger partial charge in [-0.25, -0.2) is 4.79 Å². The number of esters is 2. The van der Waals surface area contributed by atoms with Crippen molar-refractivity contribution in [2.45, 2.75) is 245 Å². The van der Waals surface area contributed by atoms with E-state index < -0.39 is 24.3 Å². The summed E-state index contributed by atoms with van der Waals surface area (Å²) in [5.41, 5.74) is 0. The topological polar surface area (TPSA) is 108 Å². The van der Waals surface area contributed by atoms with Crippen LogP contribution in [0.15, 0.2) is 60.8 Å². The lowest BCUT2D eigenvalue weighted by Gasteiger charge is -2.25. The molecule has 0 radical (unpaired) electrons. The van der Waals surface area contributed by atoms with E-state index in [-0.39, 0.29) is 32.2 Å². The number of carbonyl (C=O) groups excluding carboxylic acids is 2. The number of carbonyl (C=O) groups is 3. The Balaban J connectivity index is 3.94. The van der Waals surface area contributed by atoms with Gasteiger partial charge in [-0.15, -0.1) is 0 Å². The number of hydrogen-bond acceptors (Lipinski definition) is 7. The van der Waals surface area contributed by atoms with Gasteiger partial charge in [0.25, 0.3) is 6.29 Å². The fraction of sp³-hybridized carbons (Fsp3) is 0.776. The monoisotopic (exact) mass is 943 g/mol. The van der Waals surface area contributed by atoms with Gasteiger partial charge in [0.2, 0.25) is 0 Å². The van der Waals surface area contributed by atoms with Crippen molar-refractivity contribution in [1.82, 2.24) is 0 Å². The predicted molar refractivity (Wildman–Crippen MR) is 281 cm³/mol. The minimum atomic E-state index is -1.51. The lowest BCUT2D eigenvalue weighted by molar-refractivity contribution is -0.870. The summed E-state index contributed by atoms with van der Waals surface area (Å²) in [7, 11) is 5.96. The van der Waals surface area contributed by atoms with Crippen molar-refractivity contribution in [3.05, 3.63) is 60.8 Å². The standard InChI is InChI=1S/C58H103NO8/c1-6-8-10-12-14-15-16-17-18-19-20-21-22-23-24-25-26-27-28-29-30-31-32-33-34-35-36-37-38-39-40-41-43-45-47-49-56(61)67-54(52-65-55(60)48-46-44-42-13-11-9-7-2)53-66-58(57(62)63)64-51-50-59(3,4)5/h8,10,14-15,17-18,20-21,23-24,54,58H,6-7,9,11-13,16,19,22,25-53H2,1-5H3/p+1/b10-8-,15-14-,18-17-,21-20-,24-23-. The molecule has 2 atom stereocenters. The summed E-state index contributed by atoms with van der Waals surface area (Å²) in [6.07, 6.45) is 59.1. The molecular weight excluding hydrogens is 839 g/mol. The second-order valence-corrected chi connectivity index (χ2v) is 19.5. The third-order valence-corrected chi connectivity index (χ3v) is 11.8. The summed E-state index contributed by atoms with van der Waals surface area (Å²) in [6.45, 7) is 4.72. The summed E-state index contributed by atoms with van der Waals surface area (Å²) in [6, 6.07) is 0. The summed E-state index contributed by atoms with van der Waals surface area (Å²) in [5.74, 6) is -2.01. The highest BCUT2D eigenvalue weighted by Gasteiger charge is 2.25. The first-order valence-electron chi connectivity index (χ1n) is 27.5. The molecule has 0 aliphatic heterocycles. The number of aliphatic carboxylic acids is 1. The number of carboxylic acid groups (broad SMARTS) is 1. The first-order chi connectivity index (χ1) is 32.6. The number of carboxylic acids is 1. The molecule has 0 fully saturated rings. The number of likely N-dealkylation sites (N-methyl/N-ethyl adjacent to an activating group) is 1. The maximum atomic E-state index is 12.8. The largest absolute Gasteiger partial charge is 0.477 e. The van der Waals surface area contributed by atoms with E-state index in [2.05, 4.69) is 74.6 Å². The van der Waals surface area contributed by atoms with Crippen LogP contribution >= 0.6 is 0 Å².